The van der Waals surface area contributed by atoms with Gasteiger partial charge in [-0.25, -0.2) is 0 Å². The summed E-state index contributed by atoms with van der Waals surface area (Å²) in [7, 11) is 0. The summed E-state index contributed by atoms with van der Waals surface area (Å²) < 4.78 is 6.15. The van der Waals surface area contributed by atoms with Crippen LogP contribution in [-0.2, 0) is 5.75 Å². The Morgan fingerprint density at radius 1 is 1.25 bits per heavy atom. The molecule has 2 aromatic heterocycles. The first kappa shape index (κ1) is 15.6. The van der Waals surface area contributed by atoms with Crippen molar-refractivity contribution in [1.82, 2.24) is 20.3 Å². The first-order valence-corrected chi connectivity index (χ1v) is 9.60. The summed E-state index contributed by atoms with van der Waals surface area (Å²) in [4.78, 5) is 4.42. The third kappa shape index (κ3) is 3.59. The molecule has 4 rings (SSSR count). The Labute approximate surface area is 148 Å². The summed E-state index contributed by atoms with van der Waals surface area (Å²) in [6, 6.07) is 6.26. The van der Waals surface area contributed by atoms with Crippen molar-refractivity contribution in [3.8, 4) is 0 Å². The number of aromatic nitrogens is 4. The van der Waals surface area contributed by atoms with Crippen molar-refractivity contribution in [2.45, 2.75) is 42.7 Å². The van der Waals surface area contributed by atoms with E-state index >= 15 is 0 Å². The fourth-order valence-electron chi connectivity index (χ4n) is 2.21. The van der Waals surface area contributed by atoms with Crippen LogP contribution in [0.3, 0.4) is 0 Å². The molecule has 0 amide bonds. The maximum atomic E-state index is 5.26. The fourth-order valence-corrected chi connectivity index (χ4v) is 3.83. The van der Waals surface area contributed by atoms with E-state index in [9.17, 15) is 0 Å². The summed E-state index contributed by atoms with van der Waals surface area (Å²) in [6.45, 7) is 4.20. The Balaban J connectivity index is 1.36. The Bertz CT molecular complexity index is 856. The monoisotopic (exact) mass is 359 g/mol. The third-order valence-corrected chi connectivity index (χ3v) is 5.87. The molecule has 1 aliphatic carbocycles. The lowest BCUT2D eigenvalue weighted by Gasteiger charge is -2.05. The molecule has 1 aromatic carbocycles. The van der Waals surface area contributed by atoms with Crippen molar-refractivity contribution in [2.24, 2.45) is 0 Å². The Hall–Kier alpha value is -1.93. The number of benzene rings is 1. The second kappa shape index (κ2) is 6.52. The van der Waals surface area contributed by atoms with Crippen LogP contribution in [0.15, 0.2) is 27.1 Å². The van der Waals surface area contributed by atoms with Gasteiger partial charge in [0.05, 0.1) is 5.75 Å². The van der Waals surface area contributed by atoms with Crippen molar-refractivity contribution >= 4 is 33.9 Å². The zero-order valence-corrected chi connectivity index (χ0v) is 15.1. The predicted octanol–water partition coefficient (Wildman–Crippen LogP) is 4.45. The minimum absolute atomic E-state index is 0.492. The highest BCUT2D eigenvalue weighted by Gasteiger charge is 2.29. The van der Waals surface area contributed by atoms with Gasteiger partial charge in [0.15, 0.2) is 10.2 Å². The van der Waals surface area contributed by atoms with Crippen LogP contribution < -0.4 is 5.32 Å². The molecule has 0 saturated heterocycles. The maximum absolute atomic E-state index is 5.26. The van der Waals surface area contributed by atoms with Gasteiger partial charge in [0.25, 0.3) is 0 Å². The highest BCUT2D eigenvalue weighted by molar-refractivity contribution is 8.00. The van der Waals surface area contributed by atoms with Crippen molar-refractivity contribution in [2.75, 3.05) is 5.32 Å². The van der Waals surface area contributed by atoms with Crippen LogP contribution in [0, 0.1) is 13.8 Å². The number of rotatable bonds is 6. The first-order chi connectivity index (χ1) is 11.7. The number of aryl methyl sites for hydroxylation is 2. The van der Waals surface area contributed by atoms with Crippen molar-refractivity contribution in [3.05, 3.63) is 41.0 Å². The molecule has 2 heterocycles. The van der Waals surface area contributed by atoms with Gasteiger partial charge in [0.2, 0.25) is 11.0 Å². The summed E-state index contributed by atoms with van der Waals surface area (Å²) in [5.74, 6) is 2.64. The van der Waals surface area contributed by atoms with Gasteiger partial charge in [-0.1, -0.05) is 34.3 Å². The van der Waals surface area contributed by atoms with E-state index in [2.05, 4.69) is 57.7 Å². The summed E-state index contributed by atoms with van der Waals surface area (Å²) in [5, 5.41) is 16.5. The number of nitrogens with zero attached hydrogens (tertiary/aromatic N) is 4. The summed E-state index contributed by atoms with van der Waals surface area (Å²) in [5.41, 5.74) is 3.56. The van der Waals surface area contributed by atoms with Gasteiger partial charge >= 0.3 is 0 Å². The molecule has 8 heteroatoms. The second-order valence-electron chi connectivity index (χ2n) is 5.91. The van der Waals surface area contributed by atoms with Crippen molar-refractivity contribution < 1.29 is 4.52 Å². The Morgan fingerprint density at radius 2 is 2.12 bits per heavy atom. The Kier molecular flexibility index (Phi) is 4.24. The highest BCUT2D eigenvalue weighted by atomic mass is 32.2. The smallest absolute Gasteiger partial charge is 0.229 e. The van der Waals surface area contributed by atoms with E-state index in [1.165, 1.54) is 35.3 Å². The fraction of sp³-hybridized carbons (Fsp3) is 0.375. The third-order valence-electron chi connectivity index (χ3n) is 3.90. The zero-order valence-electron chi connectivity index (χ0n) is 13.4. The van der Waals surface area contributed by atoms with Gasteiger partial charge in [-0.3, -0.25) is 0 Å². The molecule has 1 N–H and O–H groups in total. The predicted molar refractivity (Wildman–Crippen MR) is 94.9 cm³/mol. The van der Waals surface area contributed by atoms with Gasteiger partial charge < -0.3 is 9.84 Å². The van der Waals surface area contributed by atoms with Crippen LogP contribution in [0.25, 0.3) is 0 Å². The molecule has 0 atom stereocenters. The zero-order chi connectivity index (χ0) is 16.5. The van der Waals surface area contributed by atoms with Crippen LogP contribution in [0.5, 0.6) is 0 Å². The SMILES string of the molecule is Cc1ccc(Nc2nnc(SCc3noc(C4CC4)n3)s2)cc1C. The summed E-state index contributed by atoms with van der Waals surface area (Å²) in [6.07, 6.45) is 2.33. The molecular weight excluding hydrogens is 342 g/mol. The van der Waals surface area contributed by atoms with E-state index in [1.807, 2.05) is 0 Å². The highest BCUT2D eigenvalue weighted by Crippen LogP contribution is 2.39. The van der Waals surface area contributed by atoms with Gasteiger partial charge in [-0.2, -0.15) is 4.98 Å². The molecule has 1 saturated carbocycles. The van der Waals surface area contributed by atoms with Crippen LogP contribution in [-0.4, -0.2) is 20.3 Å². The van der Waals surface area contributed by atoms with Gasteiger partial charge in [0.1, 0.15) is 0 Å². The number of thioether (sulfide) groups is 1. The van der Waals surface area contributed by atoms with Gasteiger partial charge in [0, 0.05) is 11.6 Å². The van der Waals surface area contributed by atoms with Crippen molar-refractivity contribution in [3.63, 3.8) is 0 Å². The van der Waals surface area contributed by atoms with Crippen LogP contribution in [0.4, 0.5) is 10.8 Å². The lowest BCUT2D eigenvalue weighted by atomic mass is 10.1. The largest absolute Gasteiger partial charge is 0.339 e. The first-order valence-electron chi connectivity index (χ1n) is 7.80. The molecule has 6 nitrogen and oxygen atoms in total. The molecule has 124 valence electrons. The minimum Gasteiger partial charge on any atom is -0.339 e. The molecule has 3 aromatic rings. The quantitative estimate of drug-likeness (QED) is 0.651. The molecule has 0 unspecified atom stereocenters. The number of hydrogen-bond acceptors (Lipinski definition) is 8. The van der Waals surface area contributed by atoms with Crippen LogP contribution in [0.1, 0.15) is 41.6 Å². The summed E-state index contributed by atoms with van der Waals surface area (Å²) >= 11 is 3.10. The topological polar surface area (TPSA) is 76.7 Å². The lowest BCUT2D eigenvalue weighted by Crippen LogP contribution is -1.91. The second-order valence-corrected chi connectivity index (χ2v) is 8.11. The molecule has 1 fully saturated rings. The number of anilines is 2. The van der Waals surface area contributed by atoms with E-state index in [0.717, 1.165) is 26.9 Å². The molecule has 0 aliphatic heterocycles. The van der Waals surface area contributed by atoms with Gasteiger partial charge in [-0.15, -0.1) is 10.2 Å². The molecule has 1 aliphatic rings. The van der Waals surface area contributed by atoms with E-state index in [-0.39, 0.29) is 0 Å². The van der Waals surface area contributed by atoms with Crippen molar-refractivity contribution in [1.29, 1.82) is 0 Å². The van der Waals surface area contributed by atoms with Crippen LogP contribution in [0.2, 0.25) is 0 Å². The van der Waals surface area contributed by atoms with Crippen LogP contribution >= 0.6 is 23.1 Å². The minimum atomic E-state index is 0.492. The normalized spacial score (nSPS) is 14.1. The Morgan fingerprint density at radius 3 is 2.92 bits per heavy atom. The van der Waals surface area contributed by atoms with E-state index in [1.54, 1.807) is 11.8 Å². The standard InChI is InChI=1S/C16H17N5OS2/c1-9-3-6-12(7-10(9)2)17-15-19-20-16(24-15)23-8-13-18-14(22-21-13)11-4-5-11/h3,6-7,11H,4-5,8H2,1-2H3,(H,17,19). The molecule has 24 heavy (non-hydrogen) atoms. The van der Waals surface area contributed by atoms with E-state index < -0.39 is 0 Å². The number of nitrogens with one attached hydrogen (secondary N) is 1. The number of hydrogen-bond donors (Lipinski definition) is 1. The van der Waals surface area contributed by atoms with E-state index in [4.69, 9.17) is 4.52 Å². The molecular formula is C16H17N5OS2. The lowest BCUT2D eigenvalue weighted by molar-refractivity contribution is 0.375. The average molecular weight is 359 g/mol. The molecule has 0 bridgehead atoms. The average Bonchev–Trinajstić information content (AvgIpc) is 3.15. The molecule has 0 spiro atoms. The van der Waals surface area contributed by atoms with E-state index in [0.29, 0.717) is 11.7 Å². The molecule has 0 radical (unpaired) electrons. The maximum Gasteiger partial charge on any atom is 0.229 e. The van der Waals surface area contributed by atoms with Gasteiger partial charge in [-0.05, 0) is 49.9 Å².